The van der Waals surface area contributed by atoms with Gasteiger partial charge in [-0.25, -0.2) is 4.98 Å². The molecule has 0 fully saturated rings. The number of amides is 1. The van der Waals surface area contributed by atoms with E-state index in [1.807, 2.05) is 42.1 Å². The molecule has 1 aromatic carbocycles. The Morgan fingerprint density at radius 2 is 2.12 bits per heavy atom. The molecule has 2 heterocycles. The first kappa shape index (κ1) is 17.8. The van der Waals surface area contributed by atoms with Crippen molar-refractivity contribution in [2.45, 2.75) is 6.04 Å². The van der Waals surface area contributed by atoms with Crippen LogP contribution in [0.5, 0.6) is 5.75 Å². The molecule has 1 unspecified atom stereocenters. The summed E-state index contributed by atoms with van der Waals surface area (Å²) in [6.07, 6.45) is 3.50. The number of imidazole rings is 1. The van der Waals surface area contributed by atoms with Crippen LogP contribution in [0, 0.1) is 0 Å². The molecule has 5 nitrogen and oxygen atoms in total. The fourth-order valence-electron chi connectivity index (χ4n) is 2.55. The summed E-state index contributed by atoms with van der Waals surface area (Å²) >= 11 is 13.2. The number of hydrogen-bond donors (Lipinski definition) is 1. The van der Waals surface area contributed by atoms with Crippen molar-refractivity contribution in [3.05, 3.63) is 68.3 Å². The van der Waals surface area contributed by atoms with Crippen LogP contribution in [0.4, 0.5) is 0 Å². The van der Waals surface area contributed by atoms with E-state index < -0.39 is 6.04 Å². The molecule has 3 aromatic rings. The Bertz CT molecular complexity index is 907. The van der Waals surface area contributed by atoms with Gasteiger partial charge in [0, 0.05) is 25.0 Å². The first-order valence-corrected chi connectivity index (χ1v) is 8.94. The third-order valence-corrected chi connectivity index (χ3v) is 5.23. The van der Waals surface area contributed by atoms with E-state index in [9.17, 15) is 4.79 Å². The number of ether oxygens (including phenoxy) is 1. The number of rotatable bonds is 5. The number of carbonyl (C=O) groups excluding carboxylic acids is 1. The molecule has 0 radical (unpaired) electrons. The molecule has 0 aliphatic carbocycles. The SMILES string of the molecule is COc1ccccc1C(NC(=O)c1cc(Cl)sc1Cl)c1nccn1C. The van der Waals surface area contributed by atoms with E-state index in [0.29, 0.717) is 25.8 Å². The summed E-state index contributed by atoms with van der Waals surface area (Å²) in [5, 5.41) is 2.98. The van der Waals surface area contributed by atoms with Crippen LogP contribution in [-0.2, 0) is 7.05 Å². The average molecular weight is 396 g/mol. The Hall–Kier alpha value is -2.02. The Labute approximate surface area is 159 Å². The van der Waals surface area contributed by atoms with Gasteiger partial charge < -0.3 is 14.6 Å². The predicted molar refractivity (Wildman–Crippen MR) is 99.9 cm³/mol. The van der Waals surface area contributed by atoms with Crippen LogP contribution < -0.4 is 10.1 Å². The molecule has 0 bridgehead atoms. The van der Waals surface area contributed by atoms with Crippen molar-refractivity contribution in [3.8, 4) is 5.75 Å². The summed E-state index contributed by atoms with van der Waals surface area (Å²) in [6, 6.07) is 8.54. The van der Waals surface area contributed by atoms with Crippen molar-refractivity contribution in [1.82, 2.24) is 14.9 Å². The molecule has 0 spiro atoms. The highest BCUT2D eigenvalue weighted by Gasteiger charge is 2.25. The quantitative estimate of drug-likeness (QED) is 0.699. The number of methoxy groups -OCH3 is 1. The molecule has 0 saturated carbocycles. The summed E-state index contributed by atoms with van der Waals surface area (Å²) in [5.41, 5.74) is 1.14. The summed E-state index contributed by atoms with van der Waals surface area (Å²) in [6.45, 7) is 0. The van der Waals surface area contributed by atoms with E-state index in [0.717, 1.165) is 16.9 Å². The Morgan fingerprint density at radius 3 is 2.72 bits per heavy atom. The summed E-state index contributed by atoms with van der Waals surface area (Å²) in [7, 11) is 3.46. The van der Waals surface area contributed by atoms with Crippen molar-refractivity contribution in [3.63, 3.8) is 0 Å². The number of nitrogens with one attached hydrogen (secondary N) is 1. The first-order valence-electron chi connectivity index (χ1n) is 7.37. The molecular formula is C17H15Cl2N3O2S. The van der Waals surface area contributed by atoms with Crippen LogP contribution in [0.1, 0.15) is 27.8 Å². The summed E-state index contributed by atoms with van der Waals surface area (Å²) < 4.78 is 8.10. The number of carbonyl (C=O) groups is 1. The van der Waals surface area contributed by atoms with Gasteiger partial charge in [0.15, 0.2) is 0 Å². The van der Waals surface area contributed by atoms with Crippen molar-refractivity contribution >= 4 is 40.4 Å². The van der Waals surface area contributed by atoms with Gasteiger partial charge in [0.2, 0.25) is 0 Å². The maximum atomic E-state index is 12.7. The minimum absolute atomic E-state index is 0.327. The molecule has 2 aromatic heterocycles. The Balaban J connectivity index is 2.02. The van der Waals surface area contributed by atoms with Crippen molar-refractivity contribution < 1.29 is 9.53 Å². The molecule has 1 N–H and O–H groups in total. The highest BCUT2D eigenvalue weighted by molar-refractivity contribution is 7.20. The van der Waals surface area contributed by atoms with Crippen LogP contribution in [-0.4, -0.2) is 22.6 Å². The van der Waals surface area contributed by atoms with E-state index in [1.54, 1.807) is 19.4 Å². The number of aryl methyl sites for hydroxylation is 1. The van der Waals surface area contributed by atoms with Crippen molar-refractivity contribution in [2.24, 2.45) is 7.05 Å². The second-order valence-corrected chi connectivity index (χ2v) is 7.57. The first-order chi connectivity index (χ1) is 12.0. The van der Waals surface area contributed by atoms with E-state index in [-0.39, 0.29) is 5.91 Å². The predicted octanol–water partition coefficient (Wildman–Crippen LogP) is 4.32. The summed E-state index contributed by atoms with van der Waals surface area (Å²) in [5.74, 6) is 1.01. The van der Waals surface area contributed by atoms with Gasteiger partial charge in [-0.1, -0.05) is 41.4 Å². The molecule has 3 rings (SSSR count). The molecule has 0 saturated heterocycles. The van der Waals surface area contributed by atoms with Gasteiger partial charge in [0.1, 0.15) is 22.0 Å². The summed E-state index contributed by atoms with van der Waals surface area (Å²) in [4.78, 5) is 17.1. The van der Waals surface area contributed by atoms with Gasteiger partial charge in [-0.15, -0.1) is 11.3 Å². The standard InChI is InChI=1S/C17H15Cl2N3O2S/c1-22-8-7-20-16(22)14(10-5-3-4-6-12(10)24-2)21-17(23)11-9-13(18)25-15(11)19/h3-9,14H,1-2H3,(H,21,23). The second kappa shape index (κ2) is 7.47. The van der Waals surface area contributed by atoms with Gasteiger partial charge in [0.05, 0.1) is 17.0 Å². The fraction of sp³-hybridized carbons (Fsp3) is 0.176. The Morgan fingerprint density at radius 1 is 1.36 bits per heavy atom. The zero-order valence-electron chi connectivity index (χ0n) is 13.5. The number of aromatic nitrogens is 2. The van der Waals surface area contributed by atoms with E-state index >= 15 is 0 Å². The minimum atomic E-state index is -0.501. The number of nitrogens with zero attached hydrogens (tertiary/aromatic N) is 2. The number of hydrogen-bond acceptors (Lipinski definition) is 4. The number of halogens is 2. The lowest BCUT2D eigenvalue weighted by atomic mass is 10.0. The van der Waals surface area contributed by atoms with Gasteiger partial charge in [-0.3, -0.25) is 4.79 Å². The van der Waals surface area contributed by atoms with Crippen LogP contribution in [0.15, 0.2) is 42.7 Å². The molecule has 0 aliphatic heterocycles. The van der Waals surface area contributed by atoms with Crippen LogP contribution in [0.25, 0.3) is 0 Å². The van der Waals surface area contributed by atoms with Gasteiger partial charge in [-0.05, 0) is 12.1 Å². The number of benzene rings is 1. The number of thiophene rings is 1. The highest BCUT2D eigenvalue weighted by atomic mass is 35.5. The zero-order chi connectivity index (χ0) is 18.0. The smallest absolute Gasteiger partial charge is 0.254 e. The van der Waals surface area contributed by atoms with Crippen molar-refractivity contribution in [1.29, 1.82) is 0 Å². The second-order valence-electron chi connectivity index (χ2n) is 5.28. The van der Waals surface area contributed by atoms with Gasteiger partial charge in [0.25, 0.3) is 5.91 Å². The highest BCUT2D eigenvalue weighted by Crippen LogP contribution is 2.33. The fourth-order valence-corrected chi connectivity index (χ4v) is 4.00. The topological polar surface area (TPSA) is 56.1 Å². The van der Waals surface area contributed by atoms with Crippen molar-refractivity contribution in [2.75, 3.05) is 7.11 Å². The van der Waals surface area contributed by atoms with Crippen LogP contribution in [0.3, 0.4) is 0 Å². The molecule has 130 valence electrons. The minimum Gasteiger partial charge on any atom is -0.496 e. The molecule has 1 atom stereocenters. The normalized spacial score (nSPS) is 12.0. The molecule has 8 heteroatoms. The van der Waals surface area contributed by atoms with Crippen LogP contribution >= 0.6 is 34.5 Å². The van der Waals surface area contributed by atoms with E-state index in [1.165, 1.54) is 0 Å². The van der Waals surface area contributed by atoms with Gasteiger partial charge in [-0.2, -0.15) is 0 Å². The lowest BCUT2D eigenvalue weighted by Crippen LogP contribution is -2.31. The molecule has 1 amide bonds. The Kier molecular flexibility index (Phi) is 5.32. The largest absolute Gasteiger partial charge is 0.496 e. The maximum absolute atomic E-state index is 12.7. The average Bonchev–Trinajstić information content (AvgIpc) is 3.17. The lowest BCUT2D eigenvalue weighted by molar-refractivity contribution is 0.0941. The zero-order valence-corrected chi connectivity index (χ0v) is 15.8. The van der Waals surface area contributed by atoms with Gasteiger partial charge >= 0.3 is 0 Å². The maximum Gasteiger partial charge on any atom is 0.254 e. The molecule has 0 aliphatic rings. The molecule has 25 heavy (non-hydrogen) atoms. The third-order valence-electron chi connectivity index (χ3n) is 3.74. The van der Waals surface area contributed by atoms with E-state index in [2.05, 4.69) is 10.3 Å². The monoisotopic (exact) mass is 395 g/mol. The van der Waals surface area contributed by atoms with E-state index in [4.69, 9.17) is 27.9 Å². The van der Waals surface area contributed by atoms with Crippen LogP contribution in [0.2, 0.25) is 8.67 Å². The number of para-hydroxylation sites is 1. The lowest BCUT2D eigenvalue weighted by Gasteiger charge is -2.21. The molecular weight excluding hydrogens is 381 g/mol. The third kappa shape index (κ3) is 3.66.